The van der Waals surface area contributed by atoms with Crippen LogP contribution < -0.4 is 10.6 Å². The van der Waals surface area contributed by atoms with Crippen LogP contribution in [0.15, 0.2) is 0 Å². The zero-order chi connectivity index (χ0) is 7.40. The summed E-state index contributed by atoms with van der Waals surface area (Å²) in [5.74, 6) is 0. The molecule has 3 heteroatoms. The lowest BCUT2D eigenvalue weighted by Gasteiger charge is -2.30. The molecule has 1 aliphatic rings. The van der Waals surface area contributed by atoms with E-state index in [-0.39, 0.29) is 0 Å². The van der Waals surface area contributed by atoms with Gasteiger partial charge in [0.1, 0.15) is 0 Å². The van der Waals surface area contributed by atoms with E-state index in [1.165, 1.54) is 0 Å². The molecule has 2 N–H and O–H groups in total. The van der Waals surface area contributed by atoms with Crippen molar-refractivity contribution < 1.29 is 4.74 Å². The van der Waals surface area contributed by atoms with Gasteiger partial charge in [-0.05, 0) is 20.0 Å². The van der Waals surface area contributed by atoms with Gasteiger partial charge in [-0.1, -0.05) is 0 Å². The van der Waals surface area contributed by atoms with E-state index in [0.29, 0.717) is 12.1 Å². The molecular weight excluding hydrogens is 128 g/mol. The third kappa shape index (κ3) is 1.68. The number of likely N-dealkylation sites (N-methyl/N-ethyl adjacent to an activating group) is 1. The fourth-order valence-corrected chi connectivity index (χ4v) is 1.41. The van der Waals surface area contributed by atoms with Gasteiger partial charge < -0.3 is 15.4 Å². The van der Waals surface area contributed by atoms with E-state index in [1.54, 1.807) is 7.11 Å². The average Bonchev–Trinajstić information content (AvgIpc) is 2.04. The Hall–Kier alpha value is -0.120. The average molecular weight is 144 g/mol. The Morgan fingerprint density at radius 1 is 1.60 bits per heavy atom. The Balaban J connectivity index is 2.34. The number of hydrogen-bond acceptors (Lipinski definition) is 3. The molecule has 1 fully saturated rings. The number of nitrogens with one attached hydrogen (secondary N) is 2. The minimum absolute atomic E-state index is 0.346. The Bertz CT molecular complexity index is 85.6. The molecule has 3 nitrogen and oxygen atoms in total. The van der Waals surface area contributed by atoms with E-state index in [0.717, 1.165) is 19.5 Å². The molecule has 0 saturated carbocycles. The van der Waals surface area contributed by atoms with E-state index < -0.39 is 0 Å². The summed E-state index contributed by atoms with van der Waals surface area (Å²) in [4.78, 5) is 0. The van der Waals surface area contributed by atoms with Gasteiger partial charge in [0.25, 0.3) is 0 Å². The molecule has 2 atom stereocenters. The van der Waals surface area contributed by atoms with Gasteiger partial charge in [0, 0.05) is 19.7 Å². The molecule has 0 aliphatic carbocycles. The van der Waals surface area contributed by atoms with E-state index in [9.17, 15) is 0 Å². The Kier molecular flexibility index (Phi) is 3.12. The van der Waals surface area contributed by atoms with Crippen LogP contribution in [-0.4, -0.2) is 39.4 Å². The highest BCUT2D eigenvalue weighted by molar-refractivity contribution is 4.82. The predicted molar refractivity (Wildman–Crippen MR) is 41.1 cm³/mol. The number of hydrogen-bond donors (Lipinski definition) is 2. The number of piperidine rings is 1. The van der Waals surface area contributed by atoms with E-state index >= 15 is 0 Å². The molecule has 0 bridgehead atoms. The first-order chi connectivity index (χ1) is 4.88. The normalized spacial score (nSPS) is 34.2. The maximum absolute atomic E-state index is 5.27. The summed E-state index contributed by atoms with van der Waals surface area (Å²) in [5.41, 5.74) is 0. The third-order valence-electron chi connectivity index (χ3n) is 2.10. The molecule has 1 aliphatic heterocycles. The van der Waals surface area contributed by atoms with Crippen LogP contribution in [0.25, 0.3) is 0 Å². The molecule has 0 unspecified atom stereocenters. The van der Waals surface area contributed by atoms with Crippen molar-refractivity contribution in [3.63, 3.8) is 0 Å². The van der Waals surface area contributed by atoms with Crippen molar-refractivity contribution in [1.29, 1.82) is 0 Å². The first-order valence-electron chi connectivity index (χ1n) is 3.79. The highest BCUT2D eigenvalue weighted by Gasteiger charge is 2.22. The van der Waals surface area contributed by atoms with Crippen molar-refractivity contribution in [2.75, 3.05) is 27.2 Å². The van der Waals surface area contributed by atoms with Gasteiger partial charge in [-0.2, -0.15) is 0 Å². The lowest BCUT2D eigenvalue weighted by molar-refractivity contribution is 0.0545. The lowest BCUT2D eigenvalue weighted by Crippen LogP contribution is -2.50. The second-order valence-corrected chi connectivity index (χ2v) is 2.66. The smallest absolute Gasteiger partial charge is 0.0848 e. The van der Waals surface area contributed by atoms with Crippen LogP contribution in [-0.2, 0) is 4.74 Å². The van der Waals surface area contributed by atoms with E-state index in [1.807, 2.05) is 7.05 Å². The summed E-state index contributed by atoms with van der Waals surface area (Å²) in [6.07, 6.45) is 1.51. The molecule has 0 aromatic heterocycles. The third-order valence-corrected chi connectivity index (χ3v) is 2.10. The van der Waals surface area contributed by atoms with E-state index in [2.05, 4.69) is 10.6 Å². The van der Waals surface area contributed by atoms with Gasteiger partial charge in [-0.15, -0.1) is 0 Å². The summed E-state index contributed by atoms with van der Waals surface area (Å²) in [6.45, 7) is 2.08. The molecular formula is C7H16N2O. The predicted octanol–water partition coefficient (Wildman–Crippen LogP) is -0.417. The SMILES string of the molecule is CN[C@@H]1CCNC[C@H]1OC. The van der Waals surface area contributed by atoms with Crippen LogP contribution in [0, 0.1) is 0 Å². The topological polar surface area (TPSA) is 33.3 Å². The molecule has 1 saturated heterocycles. The molecule has 60 valence electrons. The van der Waals surface area contributed by atoms with Crippen molar-refractivity contribution in [1.82, 2.24) is 10.6 Å². The number of methoxy groups -OCH3 is 1. The highest BCUT2D eigenvalue weighted by Crippen LogP contribution is 2.05. The maximum Gasteiger partial charge on any atom is 0.0848 e. The van der Waals surface area contributed by atoms with Crippen molar-refractivity contribution >= 4 is 0 Å². The summed E-state index contributed by atoms with van der Waals surface area (Å²) in [7, 11) is 3.75. The molecule has 0 radical (unpaired) electrons. The zero-order valence-corrected chi connectivity index (χ0v) is 6.68. The number of rotatable bonds is 2. The second kappa shape index (κ2) is 3.91. The monoisotopic (exact) mass is 144 g/mol. The summed E-state index contributed by atoms with van der Waals surface area (Å²) in [5, 5.41) is 6.52. The van der Waals surface area contributed by atoms with Gasteiger partial charge in [0.2, 0.25) is 0 Å². The molecule has 1 rings (SSSR count). The Labute approximate surface area is 62.1 Å². The minimum atomic E-state index is 0.346. The fourth-order valence-electron chi connectivity index (χ4n) is 1.41. The van der Waals surface area contributed by atoms with Crippen LogP contribution in [0.2, 0.25) is 0 Å². The number of ether oxygens (including phenoxy) is 1. The molecule has 1 heterocycles. The first-order valence-corrected chi connectivity index (χ1v) is 3.79. The Morgan fingerprint density at radius 3 is 2.90 bits per heavy atom. The fraction of sp³-hybridized carbons (Fsp3) is 1.00. The van der Waals surface area contributed by atoms with Crippen LogP contribution >= 0.6 is 0 Å². The first kappa shape index (κ1) is 7.98. The molecule has 0 aromatic carbocycles. The molecule has 0 aromatic rings. The second-order valence-electron chi connectivity index (χ2n) is 2.66. The zero-order valence-electron chi connectivity index (χ0n) is 6.68. The summed E-state index contributed by atoms with van der Waals surface area (Å²) >= 11 is 0. The van der Waals surface area contributed by atoms with Crippen LogP contribution in [0.1, 0.15) is 6.42 Å². The summed E-state index contributed by atoms with van der Waals surface area (Å²) < 4.78 is 5.27. The quantitative estimate of drug-likeness (QED) is 0.552. The lowest BCUT2D eigenvalue weighted by atomic mass is 10.0. The van der Waals surface area contributed by atoms with Crippen LogP contribution in [0.3, 0.4) is 0 Å². The highest BCUT2D eigenvalue weighted by atomic mass is 16.5. The maximum atomic E-state index is 5.27. The Morgan fingerprint density at radius 2 is 2.40 bits per heavy atom. The van der Waals surface area contributed by atoms with Gasteiger partial charge in [0.15, 0.2) is 0 Å². The molecule has 10 heavy (non-hydrogen) atoms. The van der Waals surface area contributed by atoms with Crippen molar-refractivity contribution in [3.8, 4) is 0 Å². The van der Waals surface area contributed by atoms with Crippen molar-refractivity contribution in [3.05, 3.63) is 0 Å². The van der Waals surface area contributed by atoms with Crippen molar-refractivity contribution in [2.45, 2.75) is 18.6 Å². The molecule has 0 spiro atoms. The summed E-state index contributed by atoms with van der Waals surface area (Å²) in [6, 6.07) is 0.534. The van der Waals surface area contributed by atoms with Crippen LogP contribution in [0.4, 0.5) is 0 Å². The van der Waals surface area contributed by atoms with Gasteiger partial charge >= 0.3 is 0 Å². The standard InChI is InChI=1S/C7H16N2O/c1-8-6-3-4-9-5-7(6)10-2/h6-9H,3-5H2,1-2H3/t6-,7-/m1/s1. The largest absolute Gasteiger partial charge is 0.379 e. The minimum Gasteiger partial charge on any atom is -0.379 e. The van der Waals surface area contributed by atoms with Gasteiger partial charge in [0.05, 0.1) is 6.10 Å². The van der Waals surface area contributed by atoms with Crippen molar-refractivity contribution in [2.24, 2.45) is 0 Å². The van der Waals surface area contributed by atoms with Crippen LogP contribution in [0.5, 0.6) is 0 Å². The van der Waals surface area contributed by atoms with E-state index in [4.69, 9.17) is 4.74 Å². The van der Waals surface area contributed by atoms with Gasteiger partial charge in [-0.25, -0.2) is 0 Å². The van der Waals surface area contributed by atoms with Gasteiger partial charge in [-0.3, -0.25) is 0 Å². The molecule has 0 amide bonds.